The van der Waals surface area contributed by atoms with Crippen LogP contribution in [0.5, 0.6) is 5.75 Å². The van der Waals surface area contributed by atoms with Crippen LogP contribution in [0, 0.1) is 5.82 Å². The lowest BCUT2D eigenvalue weighted by atomic mass is 10.0. The van der Waals surface area contributed by atoms with Crippen molar-refractivity contribution >= 4 is 17.4 Å². The topological polar surface area (TPSA) is 26.3 Å². The van der Waals surface area contributed by atoms with Crippen molar-refractivity contribution in [1.82, 2.24) is 0 Å². The Kier molecular flexibility index (Phi) is 4.17. The van der Waals surface area contributed by atoms with Gasteiger partial charge in [0.2, 0.25) is 0 Å². The van der Waals surface area contributed by atoms with Crippen LogP contribution in [0.1, 0.15) is 22.8 Å². The van der Waals surface area contributed by atoms with E-state index in [1.807, 2.05) is 6.92 Å². The molecule has 98 valence electrons. The monoisotopic (exact) mass is 278 g/mol. The van der Waals surface area contributed by atoms with E-state index in [1.165, 1.54) is 12.1 Å². The normalized spacial score (nSPS) is 10.3. The van der Waals surface area contributed by atoms with E-state index in [1.54, 1.807) is 24.3 Å². The van der Waals surface area contributed by atoms with E-state index in [2.05, 4.69) is 0 Å². The number of rotatable bonds is 4. The lowest BCUT2D eigenvalue weighted by molar-refractivity contribution is 0.103. The highest BCUT2D eigenvalue weighted by atomic mass is 35.5. The van der Waals surface area contributed by atoms with E-state index in [0.717, 1.165) is 6.07 Å². The van der Waals surface area contributed by atoms with Crippen molar-refractivity contribution in [2.24, 2.45) is 0 Å². The summed E-state index contributed by atoms with van der Waals surface area (Å²) in [5, 5.41) is 0.00300. The Labute approximate surface area is 115 Å². The van der Waals surface area contributed by atoms with Gasteiger partial charge in [-0.15, -0.1) is 0 Å². The first-order chi connectivity index (χ1) is 9.11. The van der Waals surface area contributed by atoms with E-state index in [4.69, 9.17) is 16.3 Å². The summed E-state index contributed by atoms with van der Waals surface area (Å²) in [5.41, 5.74) is 0.747. The minimum absolute atomic E-state index is 0.00300. The molecule has 0 amide bonds. The number of hydrogen-bond acceptors (Lipinski definition) is 2. The molecule has 19 heavy (non-hydrogen) atoms. The van der Waals surface area contributed by atoms with Crippen LogP contribution in [0.3, 0.4) is 0 Å². The molecule has 0 spiro atoms. The summed E-state index contributed by atoms with van der Waals surface area (Å²) in [6, 6.07) is 10.7. The summed E-state index contributed by atoms with van der Waals surface area (Å²) in [6.07, 6.45) is 0. The number of carbonyl (C=O) groups is 1. The fourth-order valence-electron chi connectivity index (χ4n) is 1.67. The summed E-state index contributed by atoms with van der Waals surface area (Å²) < 4.78 is 18.6. The molecule has 4 heteroatoms. The first-order valence-electron chi connectivity index (χ1n) is 5.84. The molecule has 0 radical (unpaired) electrons. The zero-order chi connectivity index (χ0) is 13.8. The second-order valence-electron chi connectivity index (χ2n) is 3.92. The highest BCUT2D eigenvalue weighted by molar-refractivity contribution is 6.30. The van der Waals surface area contributed by atoms with Crippen molar-refractivity contribution in [3.05, 3.63) is 64.4 Å². The Morgan fingerprint density at radius 3 is 2.37 bits per heavy atom. The predicted octanol–water partition coefficient (Wildman–Crippen LogP) is 4.11. The summed E-state index contributed by atoms with van der Waals surface area (Å²) >= 11 is 5.58. The van der Waals surface area contributed by atoms with Gasteiger partial charge in [-0.1, -0.05) is 11.6 Å². The molecule has 2 aromatic rings. The molecule has 0 aromatic heterocycles. The van der Waals surface area contributed by atoms with Crippen LogP contribution >= 0.6 is 11.6 Å². The average Bonchev–Trinajstić information content (AvgIpc) is 2.42. The molecule has 2 aromatic carbocycles. The number of ether oxygens (including phenoxy) is 1. The number of hydrogen-bond donors (Lipinski definition) is 0. The van der Waals surface area contributed by atoms with Gasteiger partial charge >= 0.3 is 0 Å². The van der Waals surface area contributed by atoms with Crippen molar-refractivity contribution in [3.8, 4) is 5.75 Å². The van der Waals surface area contributed by atoms with Gasteiger partial charge < -0.3 is 4.74 Å². The Hall–Kier alpha value is -1.87. The fraction of sp³-hybridized carbons (Fsp3) is 0.133. The van der Waals surface area contributed by atoms with Crippen LogP contribution in [-0.4, -0.2) is 12.4 Å². The van der Waals surface area contributed by atoms with Crippen molar-refractivity contribution in [3.63, 3.8) is 0 Å². The van der Waals surface area contributed by atoms with Gasteiger partial charge in [-0.05, 0) is 49.4 Å². The van der Waals surface area contributed by atoms with Crippen molar-refractivity contribution in [2.45, 2.75) is 6.92 Å². The number of benzene rings is 2. The van der Waals surface area contributed by atoms with Crippen LogP contribution in [0.2, 0.25) is 5.02 Å². The maximum Gasteiger partial charge on any atom is 0.193 e. The van der Waals surface area contributed by atoms with E-state index in [-0.39, 0.29) is 16.4 Å². The largest absolute Gasteiger partial charge is 0.494 e. The first kappa shape index (κ1) is 13.6. The maximum atomic E-state index is 13.3. The smallest absolute Gasteiger partial charge is 0.193 e. The first-order valence-corrected chi connectivity index (χ1v) is 6.22. The molecule has 2 nitrogen and oxygen atoms in total. The van der Waals surface area contributed by atoms with Crippen molar-refractivity contribution in [2.75, 3.05) is 6.61 Å². The summed E-state index contributed by atoms with van der Waals surface area (Å²) in [7, 11) is 0. The summed E-state index contributed by atoms with van der Waals surface area (Å²) in [6.45, 7) is 2.45. The van der Waals surface area contributed by atoms with E-state index in [9.17, 15) is 9.18 Å². The van der Waals surface area contributed by atoms with E-state index < -0.39 is 5.82 Å². The van der Waals surface area contributed by atoms with Crippen LogP contribution < -0.4 is 4.74 Å². The standard InChI is InChI=1S/C15H12ClFO2/c1-2-19-12-6-3-10(4-7-12)15(18)11-5-8-13(16)14(17)9-11/h3-9H,2H2,1H3. The highest BCUT2D eigenvalue weighted by Gasteiger charge is 2.11. The molecular formula is C15H12ClFO2. The molecule has 0 fully saturated rings. The molecule has 0 aliphatic rings. The average molecular weight is 279 g/mol. The Balaban J connectivity index is 2.25. The molecule has 0 saturated carbocycles. The maximum absolute atomic E-state index is 13.3. The van der Waals surface area contributed by atoms with Crippen molar-refractivity contribution < 1.29 is 13.9 Å². The predicted molar refractivity (Wildman–Crippen MR) is 72.5 cm³/mol. The summed E-state index contributed by atoms with van der Waals surface area (Å²) in [4.78, 5) is 12.1. The molecular weight excluding hydrogens is 267 g/mol. The van der Waals surface area contributed by atoms with Gasteiger partial charge in [0.05, 0.1) is 11.6 Å². The molecule has 2 rings (SSSR count). The zero-order valence-electron chi connectivity index (χ0n) is 10.3. The van der Waals surface area contributed by atoms with Gasteiger partial charge in [0.1, 0.15) is 11.6 Å². The second kappa shape index (κ2) is 5.85. The number of carbonyl (C=O) groups excluding carboxylic acids is 1. The second-order valence-corrected chi connectivity index (χ2v) is 4.32. The van der Waals surface area contributed by atoms with Gasteiger partial charge in [-0.2, -0.15) is 0 Å². The van der Waals surface area contributed by atoms with Gasteiger partial charge in [-0.3, -0.25) is 4.79 Å². The Morgan fingerprint density at radius 1 is 1.16 bits per heavy atom. The Morgan fingerprint density at radius 2 is 1.79 bits per heavy atom. The minimum atomic E-state index is -0.599. The zero-order valence-corrected chi connectivity index (χ0v) is 11.1. The summed E-state index contributed by atoms with van der Waals surface area (Å²) in [5.74, 6) is -0.154. The molecule has 0 heterocycles. The van der Waals surface area contributed by atoms with Gasteiger partial charge in [0.15, 0.2) is 5.78 Å². The fourth-order valence-corrected chi connectivity index (χ4v) is 1.79. The Bertz CT molecular complexity index is 594. The van der Waals surface area contributed by atoms with Gasteiger partial charge in [0, 0.05) is 11.1 Å². The molecule has 0 saturated heterocycles. The van der Waals surface area contributed by atoms with Gasteiger partial charge in [0.25, 0.3) is 0 Å². The third kappa shape index (κ3) is 3.12. The minimum Gasteiger partial charge on any atom is -0.494 e. The molecule has 0 aliphatic heterocycles. The number of halogens is 2. The van der Waals surface area contributed by atoms with Crippen LogP contribution in [0.15, 0.2) is 42.5 Å². The number of ketones is 1. The molecule has 0 unspecified atom stereocenters. The van der Waals surface area contributed by atoms with Crippen LogP contribution in [-0.2, 0) is 0 Å². The molecule has 0 bridgehead atoms. The van der Waals surface area contributed by atoms with E-state index >= 15 is 0 Å². The molecule has 0 N–H and O–H groups in total. The third-order valence-corrected chi connectivity index (χ3v) is 2.92. The van der Waals surface area contributed by atoms with Crippen molar-refractivity contribution in [1.29, 1.82) is 0 Å². The highest BCUT2D eigenvalue weighted by Crippen LogP contribution is 2.19. The molecule has 0 aliphatic carbocycles. The quantitative estimate of drug-likeness (QED) is 0.787. The molecule has 0 atom stereocenters. The van der Waals surface area contributed by atoms with Crippen LogP contribution in [0.4, 0.5) is 4.39 Å². The van der Waals surface area contributed by atoms with Crippen LogP contribution in [0.25, 0.3) is 0 Å². The SMILES string of the molecule is CCOc1ccc(C(=O)c2ccc(Cl)c(F)c2)cc1. The van der Waals surface area contributed by atoms with Gasteiger partial charge in [-0.25, -0.2) is 4.39 Å². The van der Waals surface area contributed by atoms with E-state index in [0.29, 0.717) is 17.9 Å². The third-order valence-electron chi connectivity index (χ3n) is 2.61. The lowest BCUT2D eigenvalue weighted by Crippen LogP contribution is -2.02. The lowest BCUT2D eigenvalue weighted by Gasteiger charge is -2.05.